The summed E-state index contributed by atoms with van der Waals surface area (Å²) in [6.07, 6.45) is 8.20. The Kier molecular flexibility index (Phi) is 6.02. The number of rotatable bonds is 5. The first-order valence-electron chi connectivity index (χ1n) is 9.96. The van der Waals surface area contributed by atoms with Gasteiger partial charge in [0.2, 0.25) is 0 Å². The number of piperidine rings is 1. The van der Waals surface area contributed by atoms with Crippen LogP contribution in [0.3, 0.4) is 0 Å². The summed E-state index contributed by atoms with van der Waals surface area (Å²) in [7, 11) is 0. The largest absolute Gasteiger partial charge is 0.370 e. The molecule has 1 spiro atoms. The second-order valence-corrected chi connectivity index (χ2v) is 9.84. The van der Waals surface area contributed by atoms with E-state index in [0.29, 0.717) is 5.41 Å². The summed E-state index contributed by atoms with van der Waals surface area (Å²) in [5.41, 5.74) is 3.38. The second kappa shape index (κ2) is 8.52. The molecule has 2 aliphatic heterocycles. The lowest BCUT2D eigenvalue weighted by Crippen LogP contribution is -2.62. The zero-order valence-corrected chi connectivity index (χ0v) is 19.3. The molecule has 3 heterocycles. The summed E-state index contributed by atoms with van der Waals surface area (Å²) < 4.78 is 0.931. The lowest BCUT2D eigenvalue weighted by atomic mass is 9.73. The molecule has 1 aromatic heterocycles. The molecule has 29 heavy (non-hydrogen) atoms. The van der Waals surface area contributed by atoms with Gasteiger partial charge < -0.3 is 9.80 Å². The Hall–Kier alpha value is -1.79. The Labute approximate surface area is 185 Å². The fraction of sp³-hybridized carbons (Fsp3) is 0.391. The van der Waals surface area contributed by atoms with Gasteiger partial charge in [-0.15, -0.1) is 11.8 Å². The average Bonchev–Trinajstić information content (AvgIpc) is 2.70. The molecule has 0 atom stereocenters. The van der Waals surface area contributed by atoms with Crippen LogP contribution in [0.15, 0.2) is 58.2 Å². The van der Waals surface area contributed by atoms with E-state index in [1.807, 2.05) is 43.5 Å². The van der Waals surface area contributed by atoms with E-state index in [4.69, 9.17) is 0 Å². The second-order valence-electron chi connectivity index (χ2n) is 8.10. The van der Waals surface area contributed by atoms with Crippen LogP contribution in [-0.4, -0.2) is 48.1 Å². The number of halogens is 1. The zero-order valence-electron chi connectivity index (χ0n) is 16.9. The van der Waals surface area contributed by atoms with Gasteiger partial charge in [-0.25, -0.2) is 0 Å². The molecule has 0 unspecified atom stereocenters. The van der Waals surface area contributed by atoms with Gasteiger partial charge in [0.15, 0.2) is 5.78 Å². The highest BCUT2D eigenvalue weighted by atomic mass is 79.9. The number of aryl methyl sites for hydroxylation is 1. The number of likely N-dealkylation sites (tertiary alicyclic amines) is 1. The number of carbonyl (C=O) groups excluding carboxylic acids is 1. The lowest BCUT2D eigenvalue weighted by Gasteiger charge is -2.56. The number of hydrogen-bond donors (Lipinski definition) is 0. The number of aromatic nitrogens is 1. The molecule has 4 rings (SSSR count). The smallest absolute Gasteiger partial charge is 0.188 e. The number of benzene rings is 1. The van der Waals surface area contributed by atoms with Crippen molar-refractivity contribution in [3.8, 4) is 0 Å². The van der Waals surface area contributed by atoms with Crippen molar-refractivity contribution in [3.05, 3.63) is 69.4 Å². The van der Waals surface area contributed by atoms with Crippen molar-refractivity contribution in [2.45, 2.75) is 19.8 Å². The number of carbonyl (C=O) groups is 1. The average molecular weight is 472 g/mol. The molecule has 1 aromatic carbocycles. The van der Waals surface area contributed by atoms with Gasteiger partial charge in [0, 0.05) is 65.3 Å². The standard InChI is InChI=1S/C23H26BrN3OS/c1-17-11-20(7-9-25-17)27-15-23(16-27)8-4-10-26(14-23)22(29-2)13-21(28)18-5-3-6-19(24)12-18/h3,5-7,9,11-13H,4,8,10,14-16H2,1-2H3. The molecular formula is C23H26BrN3OS. The molecule has 0 radical (unpaired) electrons. The molecule has 2 aromatic rings. The highest BCUT2D eigenvalue weighted by Gasteiger charge is 2.46. The van der Waals surface area contributed by atoms with Gasteiger partial charge in [0.25, 0.3) is 0 Å². The first-order chi connectivity index (χ1) is 14.0. The van der Waals surface area contributed by atoms with Gasteiger partial charge in [-0.05, 0) is 50.3 Å². The van der Waals surface area contributed by atoms with E-state index in [1.165, 1.54) is 18.5 Å². The third kappa shape index (κ3) is 4.53. The summed E-state index contributed by atoms with van der Waals surface area (Å²) in [4.78, 5) is 21.9. The van der Waals surface area contributed by atoms with Crippen LogP contribution < -0.4 is 4.90 Å². The highest BCUT2D eigenvalue weighted by molar-refractivity contribution is 9.10. The van der Waals surface area contributed by atoms with Crippen molar-refractivity contribution in [2.75, 3.05) is 37.3 Å². The summed E-state index contributed by atoms with van der Waals surface area (Å²) in [5.74, 6) is 0.0674. The van der Waals surface area contributed by atoms with E-state index in [0.717, 1.165) is 46.9 Å². The minimum atomic E-state index is 0.0674. The fourth-order valence-electron chi connectivity index (χ4n) is 4.44. The number of allylic oxidation sites excluding steroid dienone is 1. The number of pyridine rings is 1. The molecule has 0 amide bonds. The van der Waals surface area contributed by atoms with Gasteiger partial charge in [-0.1, -0.05) is 28.1 Å². The van der Waals surface area contributed by atoms with Gasteiger partial charge in [0.1, 0.15) is 0 Å². The maximum absolute atomic E-state index is 12.8. The van der Waals surface area contributed by atoms with Crippen LogP contribution in [0.5, 0.6) is 0 Å². The number of hydrogen-bond acceptors (Lipinski definition) is 5. The summed E-state index contributed by atoms with van der Waals surface area (Å²) in [5, 5.41) is 1.08. The molecule has 2 aliphatic rings. The molecule has 0 saturated carbocycles. The van der Waals surface area contributed by atoms with Gasteiger partial charge in [-0.2, -0.15) is 0 Å². The van der Waals surface area contributed by atoms with Gasteiger partial charge >= 0.3 is 0 Å². The molecule has 6 heteroatoms. The van der Waals surface area contributed by atoms with Crippen LogP contribution >= 0.6 is 27.7 Å². The number of thioether (sulfide) groups is 1. The predicted octanol–water partition coefficient (Wildman–Crippen LogP) is 5.14. The molecule has 0 N–H and O–H groups in total. The lowest BCUT2D eigenvalue weighted by molar-refractivity contribution is 0.0869. The number of nitrogens with zero attached hydrogens (tertiary/aromatic N) is 3. The van der Waals surface area contributed by atoms with E-state index in [2.05, 4.69) is 49.1 Å². The first-order valence-corrected chi connectivity index (χ1v) is 12.0. The molecule has 4 nitrogen and oxygen atoms in total. The summed E-state index contributed by atoms with van der Waals surface area (Å²) >= 11 is 5.13. The van der Waals surface area contributed by atoms with Crippen LogP contribution in [0, 0.1) is 12.3 Å². The van der Waals surface area contributed by atoms with Crippen LogP contribution in [0.2, 0.25) is 0 Å². The number of anilines is 1. The first kappa shape index (κ1) is 20.5. The van der Waals surface area contributed by atoms with Crippen molar-refractivity contribution in [1.29, 1.82) is 0 Å². The molecule has 0 bridgehead atoms. The van der Waals surface area contributed by atoms with Crippen molar-refractivity contribution in [3.63, 3.8) is 0 Å². The monoisotopic (exact) mass is 471 g/mol. The molecule has 2 saturated heterocycles. The summed E-state index contributed by atoms with van der Waals surface area (Å²) in [6.45, 7) is 6.24. The summed E-state index contributed by atoms with van der Waals surface area (Å²) in [6, 6.07) is 11.9. The number of ketones is 1. The minimum Gasteiger partial charge on any atom is -0.370 e. The minimum absolute atomic E-state index is 0.0674. The van der Waals surface area contributed by atoms with E-state index in [1.54, 1.807) is 11.8 Å². The quantitative estimate of drug-likeness (QED) is 0.445. The van der Waals surface area contributed by atoms with Crippen LogP contribution in [-0.2, 0) is 0 Å². The third-order valence-electron chi connectivity index (χ3n) is 5.84. The van der Waals surface area contributed by atoms with Crippen molar-refractivity contribution in [1.82, 2.24) is 9.88 Å². The van der Waals surface area contributed by atoms with E-state index < -0.39 is 0 Å². The van der Waals surface area contributed by atoms with E-state index >= 15 is 0 Å². The molecule has 0 aliphatic carbocycles. The van der Waals surface area contributed by atoms with Crippen LogP contribution in [0.4, 0.5) is 5.69 Å². The fourth-order valence-corrected chi connectivity index (χ4v) is 5.48. The Morgan fingerprint density at radius 1 is 1.24 bits per heavy atom. The van der Waals surface area contributed by atoms with Crippen molar-refractivity contribution >= 4 is 39.2 Å². The van der Waals surface area contributed by atoms with Gasteiger partial charge in [0.05, 0.1) is 5.03 Å². The molecular weight excluding hydrogens is 446 g/mol. The van der Waals surface area contributed by atoms with E-state index in [-0.39, 0.29) is 5.78 Å². The Bertz CT molecular complexity index is 939. The van der Waals surface area contributed by atoms with Gasteiger partial charge in [-0.3, -0.25) is 9.78 Å². The zero-order chi connectivity index (χ0) is 20.4. The van der Waals surface area contributed by atoms with Crippen LogP contribution in [0.1, 0.15) is 28.9 Å². The maximum atomic E-state index is 12.8. The highest BCUT2D eigenvalue weighted by Crippen LogP contribution is 2.43. The van der Waals surface area contributed by atoms with Crippen molar-refractivity contribution < 1.29 is 4.79 Å². The Balaban J connectivity index is 1.45. The molecule has 152 valence electrons. The van der Waals surface area contributed by atoms with E-state index in [9.17, 15) is 4.79 Å². The SMILES string of the molecule is CSC(=CC(=O)c1cccc(Br)c1)N1CCCC2(C1)CN(c1ccnc(C)c1)C2. The molecule has 2 fully saturated rings. The normalized spacial score (nSPS) is 18.7. The maximum Gasteiger partial charge on any atom is 0.188 e. The Morgan fingerprint density at radius 3 is 2.79 bits per heavy atom. The van der Waals surface area contributed by atoms with Crippen molar-refractivity contribution in [2.24, 2.45) is 5.41 Å². The van der Waals surface area contributed by atoms with Crippen LogP contribution in [0.25, 0.3) is 0 Å². The topological polar surface area (TPSA) is 36.4 Å². The third-order valence-corrected chi connectivity index (χ3v) is 7.13. The predicted molar refractivity (Wildman–Crippen MR) is 124 cm³/mol. The Morgan fingerprint density at radius 2 is 2.07 bits per heavy atom.